The third kappa shape index (κ3) is 1.95. The van der Waals surface area contributed by atoms with Gasteiger partial charge in [0.2, 0.25) is 0 Å². The number of thiazole rings is 1. The van der Waals surface area contributed by atoms with E-state index in [9.17, 15) is 13.2 Å². The van der Waals surface area contributed by atoms with E-state index in [1.54, 1.807) is 6.92 Å². The number of alkyl halides is 3. The van der Waals surface area contributed by atoms with Crippen molar-refractivity contribution < 1.29 is 18.3 Å². The van der Waals surface area contributed by atoms with Crippen LogP contribution in [-0.2, 0) is 0 Å². The quantitative estimate of drug-likeness (QED) is 0.747. The van der Waals surface area contributed by atoms with Gasteiger partial charge >= 0.3 is 6.18 Å². The molecule has 0 fully saturated rings. The fraction of sp³-hybridized carbons (Fsp3) is 0.500. The lowest BCUT2D eigenvalue weighted by molar-refractivity contribution is -0.205. The topological polar surface area (TPSA) is 33.1 Å². The number of halogens is 3. The molecule has 6 heteroatoms. The zero-order valence-corrected chi connectivity index (χ0v) is 6.91. The first-order chi connectivity index (χ1) is 5.41. The number of hydrogen-bond donors (Lipinski definition) is 1. The van der Waals surface area contributed by atoms with E-state index in [-0.39, 0.29) is 4.88 Å². The summed E-state index contributed by atoms with van der Waals surface area (Å²) in [6.07, 6.45) is -5.96. The van der Waals surface area contributed by atoms with Crippen molar-refractivity contribution in [2.45, 2.75) is 19.2 Å². The lowest BCUT2D eigenvalue weighted by Gasteiger charge is -2.11. The number of hydrogen-bond acceptors (Lipinski definition) is 3. The molecule has 1 N–H and O–H groups in total. The smallest absolute Gasteiger partial charge is 0.379 e. The Balaban J connectivity index is 2.85. The van der Waals surface area contributed by atoms with Crippen LogP contribution < -0.4 is 0 Å². The molecule has 0 radical (unpaired) electrons. The lowest BCUT2D eigenvalue weighted by Crippen LogP contribution is -2.18. The van der Waals surface area contributed by atoms with Crippen molar-refractivity contribution in [1.29, 1.82) is 0 Å². The molecule has 0 unspecified atom stereocenters. The molecule has 0 amide bonds. The van der Waals surface area contributed by atoms with Crippen LogP contribution in [0.2, 0.25) is 0 Å². The van der Waals surface area contributed by atoms with Gasteiger partial charge in [-0.15, -0.1) is 11.3 Å². The van der Waals surface area contributed by atoms with Gasteiger partial charge in [0.15, 0.2) is 6.10 Å². The second-order valence-corrected chi connectivity index (χ2v) is 3.49. The molecular weight excluding hydrogens is 191 g/mol. The molecule has 0 spiro atoms. The summed E-state index contributed by atoms with van der Waals surface area (Å²) in [7, 11) is 0. The third-order valence-corrected chi connectivity index (χ3v) is 2.18. The van der Waals surface area contributed by atoms with E-state index in [1.807, 2.05) is 0 Å². The van der Waals surface area contributed by atoms with E-state index >= 15 is 0 Å². The average Bonchev–Trinajstić information content (AvgIpc) is 2.32. The molecule has 2 nitrogen and oxygen atoms in total. The molecule has 0 saturated carbocycles. The molecular formula is C6H6F3NOS. The summed E-state index contributed by atoms with van der Waals surface area (Å²) in [5.41, 5.74) is 0. The van der Waals surface area contributed by atoms with E-state index < -0.39 is 12.3 Å². The Kier molecular flexibility index (Phi) is 2.39. The fourth-order valence-electron chi connectivity index (χ4n) is 0.666. The van der Waals surface area contributed by atoms with Crippen LogP contribution in [0, 0.1) is 6.92 Å². The summed E-state index contributed by atoms with van der Waals surface area (Å²) in [5.74, 6) is 0. The first-order valence-corrected chi connectivity index (χ1v) is 3.90. The van der Waals surface area contributed by atoms with Gasteiger partial charge in [0.1, 0.15) is 0 Å². The number of rotatable bonds is 1. The minimum Gasteiger partial charge on any atom is -0.379 e. The Labute approximate surface area is 70.7 Å². The van der Waals surface area contributed by atoms with Crippen LogP contribution in [-0.4, -0.2) is 16.3 Å². The molecule has 0 aliphatic rings. The first-order valence-electron chi connectivity index (χ1n) is 3.08. The van der Waals surface area contributed by atoms with Gasteiger partial charge in [-0.05, 0) is 6.92 Å². The number of aliphatic hydroxyl groups excluding tert-OH is 1. The Morgan fingerprint density at radius 1 is 1.58 bits per heavy atom. The number of aryl methyl sites for hydroxylation is 1. The van der Waals surface area contributed by atoms with Crippen LogP contribution in [0.25, 0.3) is 0 Å². The van der Waals surface area contributed by atoms with Gasteiger partial charge in [0.25, 0.3) is 0 Å². The molecule has 0 aromatic carbocycles. The van der Waals surface area contributed by atoms with Crippen molar-refractivity contribution in [2.24, 2.45) is 0 Å². The Morgan fingerprint density at radius 3 is 2.50 bits per heavy atom. The molecule has 12 heavy (non-hydrogen) atoms. The molecule has 1 atom stereocenters. The second-order valence-electron chi connectivity index (χ2n) is 2.23. The normalized spacial score (nSPS) is 14.8. The average molecular weight is 197 g/mol. The van der Waals surface area contributed by atoms with Gasteiger partial charge in [-0.3, -0.25) is 0 Å². The molecule has 0 aliphatic carbocycles. The van der Waals surface area contributed by atoms with Crippen molar-refractivity contribution in [3.05, 3.63) is 16.1 Å². The van der Waals surface area contributed by atoms with E-state index in [2.05, 4.69) is 4.98 Å². The molecule has 0 bridgehead atoms. The Bertz CT molecular complexity index is 270. The van der Waals surface area contributed by atoms with Crippen LogP contribution in [0.1, 0.15) is 16.0 Å². The predicted octanol–water partition coefficient (Wildman–Crippen LogP) is 2.05. The van der Waals surface area contributed by atoms with Crippen molar-refractivity contribution >= 4 is 11.3 Å². The fourth-order valence-corrected chi connectivity index (χ4v) is 1.46. The van der Waals surface area contributed by atoms with E-state index in [0.717, 1.165) is 17.5 Å². The summed E-state index contributed by atoms with van der Waals surface area (Å²) in [4.78, 5) is 3.44. The second kappa shape index (κ2) is 3.02. The molecule has 1 rings (SSSR count). The van der Waals surface area contributed by atoms with Gasteiger partial charge in [0.05, 0.1) is 9.88 Å². The maximum Gasteiger partial charge on any atom is 0.419 e. The van der Waals surface area contributed by atoms with Gasteiger partial charge in [-0.2, -0.15) is 13.2 Å². The standard InChI is InChI=1S/C6H6F3NOS/c1-3-10-2-4(12-3)5(11)6(7,8)9/h2,5,11H,1H3/t5-/m1/s1. The van der Waals surface area contributed by atoms with Crippen LogP contribution in [0.15, 0.2) is 6.20 Å². The highest BCUT2D eigenvalue weighted by Crippen LogP contribution is 2.34. The largest absolute Gasteiger partial charge is 0.419 e. The molecule has 68 valence electrons. The maximum atomic E-state index is 11.9. The summed E-state index contributed by atoms with van der Waals surface area (Å²) in [6, 6.07) is 0. The minimum absolute atomic E-state index is 0.167. The SMILES string of the molecule is Cc1ncc([C@@H](O)C(F)(F)F)s1. The van der Waals surface area contributed by atoms with E-state index in [1.165, 1.54) is 0 Å². The Morgan fingerprint density at radius 2 is 2.17 bits per heavy atom. The third-order valence-electron chi connectivity index (χ3n) is 1.22. The summed E-state index contributed by atoms with van der Waals surface area (Å²) in [6.45, 7) is 1.58. The highest BCUT2D eigenvalue weighted by molar-refractivity contribution is 7.11. The first kappa shape index (κ1) is 9.47. The van der Waals surface area contributed by atoms with Gasteiger partial charge in [-0.25, -0.2) is 4.98 Å². The van der Waals surface area contributed by atoms with Gasteiger partial charge in [0, 0.05) is 6.20 Å². The van der Waals surface area contributed by atoms with Crippen molar-refractivity contribution in [3.63, 3.8) is 0 Å². The molecule has 0 saturated heterocycles. The van der Waals surface area contributed by atoms with Crippen LogP contribution in [0.5, 0.6) is 0 Å². The van der Waals surface area contributed by atoms with E-state index in [0.29, 0.717) is 5.01 Å². The summed E-state index contributed by atoms with van der Waals surface area (Å²) < 4.78 is 35.6. The predicted molar refractivity (Wildman–Crippen MR) is 37.9 cm³/mol. The molecule has 1 aromatic rings. The van der Waals surface area contributed by atoms with Gasteiger partial charge < -0.3 is 5.11 Å². The highest BCUT2D eigenvalue weighted by Gasteiger charge is 2.40. The Hall–Kier alpha value is -0.620. The summed E-state index contributed by atoms with van der Waals surface area (Å²) >= 11 is 0.842. The molecule has 1 aromatic heterocycles. The lowest BCUT2D eigenvalue weighted by atomic mass is 10.3. The zero-order valence-electron chi connectivity index (χ0n) is 6.09. The van der Waals surface area contributed by atoms with Crippen LogP contribution in [0.4, 0.5) is 13.2 Å². The van der Waals surface area contributed by atoms with Crippen molar-refractivity contribution in [1.82, 2.24) is 4.98 Å². The van der Waals surface area contributed by atoms with Crippen LogP contribution >= 0.6 is 11.3 Å². The summed E-state index contributed by atoms with van der Waals surface area (Å²) in [5, 5.41) is 9.22. The number of aliphatic hydroxyl groups is 1. The maximum absolute atomic E-state index is 11.9. The molecule has 0 aliphatic heterocycles. The zero-order chi connectivity index (χ0) is 9.35. The highest BCUT2D eigenvalue weighted by atomic mass is 32.1. The number of nitrogens with zero attached hydrogens (tertiary/aromatic N) is 1. The minimum atomic E-state index is -4.60. The molecule has 1 heterocycles. The van der Waals surface area contributed by atoms with Crippen LogP contribution in [0.3, 0.4) is 0 Å². The van der Waals surface area contributed by atoms with E-state index in [4.69, 9.17) is 5.11 Å². The number of aromatic nitrogens is 1. The van der Waals surface area contributed by atoms with Gasteiger partial charge in [-0.1, -0.05) is 0 Å². The monoisotopic (exact) mass is 197 g/mol. The van der Waals surface area contributed by atoms with Crippen molar-refractivity contribution in [3.8, 4) is 0 Å². The van der Waals surface area contributed by atoms with Crippen molar-refractivity contribution in [2.75, 3.05) is 0 Å².